The monoisotopic (exact) mass is 610 g/mol. The highest BCUT2D eigenvalue weighted by atomic mass is 35.5. The summed E-state index contributed by atoms with van der Waals surface area (Å²) in [5.74, 6) is 1.16. The minimum atomic E-state index is -0.557. The second-order valence-electron chi connectivity index (χ2n) is 10.8. The minimum absolute atomic E-state index is 0.0457. The van der Waals surface area contributed by atoms with Crippen LogP contribution in [0.5, 0.6) is 11.5 Å². The van der Waals surface area contributed by atoms with E-state index in [-0.39, 0.29) is 34.5 Å². The maximum absolute atomic E-state index is 13.8. The Balaban J connectivity index is 1.61. The van der Waals surface area contributed by atoms with E-state index in [0.717, 1.165) is 28.0 Å². The molecule has 1 heterocycles. The largest absolute Gasteiger partial charge is 0.496 e. The van der Waals surface area contributed by atoms with Gasteiger partial charge in [0.15, 0.2) is 5.82 Å². The molecule has 0 saturated carbocycles. The van der Waals surface area contributed by atoms with Crippen LogP contribution in [0.2, 0.25) is 5.02 Å². The van der Waals surface area contributed by atoms with E-state index in [4.69, 9.17) is 26.1 Å². The first kappa shape index (κ1) is 30.4. The second kappa shape index (κ2) is 12.7. The Hall–Kier alpha value is -5.02. The Morgan fingerprint density at radius 2 is 1.84 bits per heavy atom. The van der Waals surface area contributed by atoms with E-state index >= 15 is 0 Å². The quantitative estimate of drug-likeness (QED) is 0.0955. The van der Waals surface area contributed by atoms with Gasteiger partial charge >= 0.3 is 5.69 Å². The van der Waals surface area contributed by atoms with Crippen LogP contribution in [-0.4, -0.2) is 27.9 Å². The molecule has 0 aliphatic rings. The molecule has 0 aliphatic heterocycles. The van der Waals surface area contributed by atoms with Crippen LogP contribution < -0.4 is 15.0 Å². The van der Waals surface area contributed by atoms with Gasteiger partial charge in [-0.05, 0) is 66.8 Å². The SMILES string of the molecule is COc1cc(C)c(-c2nc3ccccc3c(=O)n2N=Cc2cc(Cl)c(OCc3cccc(C)c3)c([N+](=O)[O-])c2)cc1C(C)C. The predicted molar refractivity (Wildman–Crippen MR) is 173 cm³/mol. The van der Waals surface area contributed by atoms with Crippen LogP contribution in [0, 0.1) is 24.0 Å². The van der Waals surface area contributed by atoms with Crippen molar-refractivity contribution < 1.29 is 14.4 Å². The standard InChI is InChI=1S/C34H31ClN4O5/c1-20(2)26-17-27(22(4)14-31(26)43-5)33-37-29-12-7-6-11-25(29)34(40)38(33)36-18-24-15-28(35)32(30(16-24)39(41)42)44-19-23-10-8-9-21(3)13-23/h6-18,20H,19H2,1-5H3. The number of para-hydroxylation sites is 1. The van der Waals surface area contributed by atoms with Crippen molar-refractivity contribution in [3.8, 4) is 22.9 Å². The van der Waals surface area contributed by atoms with Gasteiger partial charge in [-0.1, -0.05) is 67.4 Å². The van der Waals surface area contributed by atoms with E-state index in [0.29, 0.717) is 27.9 Å². The Labute approximate surface area is 259 Å². The van der Waals surface area contributed by atoms with Gasteiger partial charge in [-0.15, -0.1) is 0 Å². The molecular formula is C34H31ClN4O5. The number of ether oxygens (including phenoxy) is 2. The number of nitro groups is 1. The molecule has 0 radical (unpaired) electrons. The smallest absolute Gasteiger partial charge is 0.313 e. The number of aryl methyl sites for hydroxylation is 2. The fraction of sp³-hybridized carbons (Fsp3) is 0.206. The van der Waals surface area contributed by atoms with Gasteiger partial charge in [-0.3, -0.25) is 14.9 Å². The third-order valence-corrected chi connectivity index (χ3v) is 7.51. The molecular weight excluding hydrogens is 580 g/mol. The van der Waals surface area contributed by atoms with Crippen molar-refractivity contribution >= 4 is 34.4 Å². The first-order valence-corrected chi connectivity index (χ1v) is 14.4. The van der Waals surface area contributed by atoms with Crippen LogP contribution in [0.15, 0.2) is 82.7 Å². The van der Waals surface area contributed by atoms with E-state index < -0.39 is 4.92 Å². The fourth-order valence-corrected chi connectivity index (χ4v) is 5.28. The van der Waals surface area contributed by atoms with Crippen LogP contribution >= 0.6 is 11.6 Å². The van der Waals surface area contributed by atoms with E-state index in [1.807, 2.05) is 56.3 Å². The van der Waals surface area contributed by atoms with Gasteiger partial charge in [0.2, 0.25) is 5.75 Å². The molecule has 0 atom stereocenters. The Kier molecular flexibility index (Phi) is 8.78. The number of methoxy groups -OCH3 is 1. The number of rotatable bonds is 9. The minimum Gasteiger partial charge on any atom is -0.496 e. The van der Waals surface area contributed by atoms with Crippen LogP contribution in [0.25, 0.3) is 22.3 Å². The summed E-state index contributed by atoms with van der Waals surface area (Å²) >= 11 is 6.51. The van der Waals surface area contributed by atoms with Crippen molar-refractivity contribution in [3.63, 3.8) is 0 Å². The van der Waals surface area contributed by atoms with E-state index in [1.165, 1.54) is 23.0 Å². The molecule has 4 aromatic carbocycles. The molecule has 5 aromatic rings. The maximum Gasteiger partial charge on any atom is 0.313 e. The Morgan fingerprint density at radius 3 is 2.55 bits per heavy atom. The summed E-state index contributed by atoms with van der Waals surface area (Å²) in [4.78, 5) is 30.1. The summed E-state index contributed by atoms with van der Waals surface area (Å²) < 4.78 is 12.6. The van der Waals surface area contributed by atoms with Gasteiger partial charge in [-0.2, -0.15) is 9.78 Å². The summed E-state index contributed by atoms with van der Waals surface area (Å²) in [7, 11) is 1.62. The first-order valence-electron chi connectivity index (χ1n) is 14.0. The summed E-state index contributed by atoms with van der Waals surface area (Å²) in [5.41, 5.74) is 4.52. The summed E-state index contributed by atoms with van der Waals surface area (Å²) in [5, 5.41) is 17.0. The molecule has 5 rings (SSSR count). The number of hydrogen-bond donors (Lipinski definition) is 0. The molecule has 0 amide bonds. The zero-order valence-corrected chi connectivity index (χ0v) is 25.8. The van der Waals surface area contributed by atoms with Crippen molar-refractivity contribution in [2.45, 2.75) is 40.2 Å². The lowest BCUT2D eigenvalue weighted by Crippen LogP contribution is -2.20. The molecule has 0 bridgehead atoms. The number of hydrogen-bond acceptors (Lipinski definition) is 7. The zero-order chi connectivity index (χ0) is 31.5. The van der Waals surface area contributed by atoms with E-state index in [2.05, 4.69) is 18.9 Å². The number of halogens is 1. The number of benzene rings is 4. The predicted octanol–water partition coefficient (Wildman–Crippen LogP) is 7.84. The maximum atomic E-state index is 13.8. The van der Waals surface area contributed by atoms with Gasteiger partial charge in [0.05, 0.1) is 34.2 Å². The highest BCUT2D eigenvalue weighted by molar-refractivity contribution is 6.32. The van der Waals surface area contributed by atoms with Gasteiger partial charge in [0.1, 0.15) is 12.4 Å². The van der Waals surface area contributed by atoms with Crippen molar-refractivity contribution in [1.29, 1.82) is 0 Å². The molecule has 1 aromatic heterocycles. The van der Waals surface area contributed by atoms with Crippen LogP contribution in [0.3, 0.4) is 0 Å². The first-order chi connectivity index (χ1) is 21.1. The zero-order valence-electron chi connectivity index (χ0n) is 25.0. The highest BCUT2D eigenvalue weighted by Gasteiger charge is 2.22. The van der Waals surface area contributed by atoms with E-state index in [1.54, 1.807) is 25.3 Å². The normalized spacial score (nSPS) is 11.4. The van der Waals surface area contributed by atoms with Gasteiger partial charge in [0.25, 0.3) is 5.56 Å². The molecule has 0 N–H and O–H groups in total. The van der Waals surface area contributed by atoms with Crippen molar-refractivity contribution in [2.75, 3.05) is 7.11 Å². The highest BCUT2D eigenvalue weighted by Crippen LogP contribution is 2.37. The molecule has 0 spiro atoms. The van der Waals surface area contributed by atoms with Crippen molar-refractivity contribution in [2.24, 2.45) is 5.10 Å². The molecule has 0 unspecified atom stereocenters. The number of nitrogens with zero attached hydrogens (tertiary/aromatic N) is 4. The molecule has 10 heteroatoms. The summed E-state index contributed by atoms with van der Waals surface area (Å²) in [6.45, 7) is 8.09. The number of nitro benzene ring substituents is 1. The molecule has 9 nitrogen and oxygen atoms in total. The number of fused-ring (bicyclic) bond motifs is 1. The molecule has 224 valence electrons. The summed E-state index contributed by atoms with van der Waals surface area (Å²) in [6.07, 6.45) is 1.35. The third-order valence-electron chi connectivity index (χ3n) is 7.22. The van der Waals surface area contributed by atoms with Crippen LogP contribution in [0.1, 0.15) is 47.6 Å². The lowest BCUT2D eigenvalue weighted by Gasteiger charge is -2.17. The van der Waals surface area contributed by atoms with Crippen LogP contribution in [0.4, 0.5) is 5.69 Å². The summed E-state index contributed by atoms with van der Waals surface area (Å²) in [6, 6.07) is 21.4. The van der Waals surface area contributed by atoms with Crippen LogP contribution in [-0.2, 0) is 6.61 Å². The molecule has 0 fully saturated rings. The van der Waals surface area contributed by atoms with E-state index in [9.17, 15) is 14.9 Å². The molecule has 44 heavy (non-hydrogen) atoms. The Morgan fingerprint density at radius 1 is 1.07 bits per heavy atom. The fourth-order valence-electron chi connectivity index (χ4n) is 5.01. The lowest BCUT2D eigenvalue weighted by molar-refractivity contribution is -0.385. The Bertz CT molecular complexity index is 1980. The van der Waals surface area contributed by atoms with Crippen molar-refractivity contribution in [3.05, 3.63) is 126 Å². The molecule has 0 saturated heterocycles. The average Bonchev–Trinajstić information content (AvgIpc) is 2.99. The lowest BCUT2D eigenvalue weighted by atomic mass is 9.96. The van der Waals surface area contributed by atoms with Gasteiger partial charge in [-0.25, -0.2) is 4.98 Å². The average molecular weight is 611 g/mol. The second-order valence-corrected chi connectivity index (χ2v) is 11.2. The van der Waals surface area contributed by atoms with Gasteiger partial charge < -0.3 is 9.47 Å². The molecule has 0 aliphatic carbocycles. The third kappa shape index (κ3) is 6.18. The van der Waals surface area contributed by atoms with Crippen molar-refractivity contribution in [1.82, 2.24) is 9.66 Å². The van der Waals surface area contributed by atoms with Gasteiger partial charge in [0, 0.05) is 17.2 Å². The number of aromatic nitrogens is 2. The topological polar surface area (TPSA) is 109 Å².